The lowest BCUT2D eigenvalue weighted by atomic mass is 10.4. The van der Waals surface area contributed by atoms with Gasteiger partial charge in [-0.3, -0.25) is 4.79 Å². The minimum absolute atomic E-state index is 0.0823. The average molecular weight is 175 g/mol. The lowest BCUT2D eigenvalue weighted by Crippen LogP contribution is -2.36. The van der Waals surface area contributed by atoms with Crippen LogP contribution in [-0.2, 0) is 4.79 Å². The van der Waals surface area contributed by atoms with E-state index < -0.39 is 11.7 Å². The van der Waals surface area contributed by atoms with E-state index in [0.717, 1.165) is 4.90 Å². The van der Waals surface area contributed by atoms with Crippen LogP contribution in [0.25, 0.3) is 0 Å². The van der Waals surface area contributed by atoms with Crippen LogP contribution in [0.5, 0.6) is 0 Å². The Kier molecular flexibility index (Phi) is 5.07. The van der Waals surface area contributed by atoms with E-state index in [1.54, 1.807) is 0 Å². The van der Waals surface area contributed by atoms with Gasteiger partial charge in [0.25, 0.3) is 5.91 Å². The summed E-state index contributed by atoms with van der Waals surface area (Å²) >= 11 is 0. The van der Waals surface area contributed by atoms with Crippen LogP contribution in [0.1, 0.15) is 0 Å². The van der Waals surface area contributed by atoms with Gasteiger partial charge in [-0.15, -0.1) is 0 Å². The van der Waals surface area contributed by atoms with Gasteiger partial charge in [0.05, 0.1) is 13.2 Å². The second-order valence-electron chi connectivity index (χ2n) is 2.19. The van der Waals surface area contributed by atoms with Gasteiger partial charge in [-0.2, -0.15) is 0 Å². The molecule has 1 amide bonds. The van der Waals surface area contributed by atoms with Gasteiger partial charge in [-0.05, 0) is 0 Å². The van der Waals surface area contributed by atoms with E-state index in [9.17, 15) is 4.79 Å². The number of hydrogen-bond donors (Lipinski definition) is 3. The largest absolute Gasteiger partial charge is 0.503 e. The summed E-state index contributed by atoms with van der Waals surface area (Å²) in [6.45, 7) is 2.79. The Morgan fingerprint density at radius 1 is 1.25 bits per heavy atom. The minimum atomic E-state index is -0.668. The smallest absolute Gasteiger partial charge is 0.288 e. The van der Waals surface area contributed by atoms with E-state index in [4.69, 9.17) is 15.3 Å². The minimum Gasteiger partial charge on any atom is -0.503 e. The van der Waals surface area contributed by atoms with Crippen molar-refractivity contribution in [3.8, 4) is 0 Å². The van der Waals surface area contributed by atoms with Gasteiger partial charge in [-0.1, -0.05) is 6.58 Å². The fourth-order valence-electron chi connectivity index (χ4n) is 0.739. The number of carbonyl (C=O) groups excluding carboxylic acids is 1. The zero-order valence-corrected chi connectivity index (χ0v) is 6.73. The van der Waals surface area contributed by atoms with Gasteiger partial charge < -0.3 is 20.2 Å². The van der Waals surface area contributed by atoms with Crippen molar-refractivity contribution in [2.24, 2.45) is 0 Å². The molecule has 0 rings (SSSR count). The summed E-state index contributed by atoms with van der Waals surface area (Å²) in [6, 6.07) is 0. The molecule has 0 atom stereocenters. The van der Waals surface area contributed by atoms with E-state index >= 15 is 0 Å². The molecule has 5 nitrogen and oxygen atoms in total. The van der Waals surface area contributed by atoms with Gasteiger partial charge >= 0.3 is 0 Å². The Morgan fingerprint density at radius 2 is 1.67 bits per heavy atom. The number of amides is 1. The molecule has 0 aliphatic heterocycles. The van der Waals surface area contributed by atoms with Crippen molar-refractivity contribution in [2.75, 3.05) is 26.3 Å². The lowest BCUT2D eigenvalue weighted by Gasteiger charge is -2.19. The Bertz CT molecular complexity index is 163. The molecule has 0 saturated heterocycles. The topological polar surface area (TPSA) is 81.0 Å². The maximum Gasteiger partial charge on any atom is 0.288 e. The highest BCUT2D eigenvalue weighted by atomic mass is 16.3. The van der Waals surface area contributed by atoms with E-state index in [2.05, 4.69) is 6.58 Å². The van der Waals surface area contributed by atoms with Crippen LogP contribution in [0.3, 0.4) is 0 Å². The molecule has 0 radical (unpaired) electrons. The third-order valence-corrected chi connectivity index (χ3v) is 1.27. The first kappa shape index (κ1) is 10.9. The average Bonchev–Trinajstić information content (AvgIpc) is 2.03. The number of carbonyl (C=O) groups is 1. The summed E-state index contributed by atoms with van der Waals surface area (Å²) in [5.41, 5.74) is 0. The molecule has 0 saturated carbocycles. The molecule has 0 aliphatic carbocycles. The van der Waals surface area contributed by atoms with E-state index in [1.807, 2.05) is 0 Å². The van der Waals surface area contributed by atoms with Gasteiger partial charge in [0.1, 0.15) is 0 Å². The molecule has 0 heterocycles. The molecule has 0 fully saturated rings. The first-order valence-electron chi connectivity index (χ1n) is 3.52. The summed E-state index contributed by atoms with van der Waals surface area (Å²) in [6.07, 6.45) is 0. The van der Waals surface area contributed by atoms with E-state index in [0.29, 0.717) is 0 Å². The Morgan fingerprint density at radius 3 is 1.92 bits per heavy atom. The van der Waals surface area contributed by atoms with Gasteiger partial charge in [0.15, 0.2) is 5.76 Å². The third kappa shape index (κ3) is 3.36. The number of aliphatic hydroxyl groups excluding tert-OH is 3. The van der Waals surface area contributed by atoms with Gasteiger partial charge in [0, 0.05) is 13.1 Å². The monoisotopic (exact) mass is 175 g/mol. The zero-order valence-electron chi connectivity index (χ0n) is 6.73. The quantitative estimate of drug-likeness (QED) is 0.365. The first-order valence-corrected chi connectivity index (χ1v) is 3.52. The highest BCUT2D eigenvalue weighted by molar-refractivity contribution is 5.90. The standard InChI is InChI=1S/C7H13NO4/c1-6(11)7(12)8(2-4-9)3-5-10/h9-11H,1-5H2. The summed E-state index contributed by atoms with van der Waals surface area (Å²) in [5.74, 6) is -1.25. The Balaban J connectivity index is 4.08. The summed E-state index contributed by atoms with van der Waals surface area (Å²) in [7, 11) is 0. The van der Waals surface area contributed by atoms with Crippen molar-refractivity contribution in [2.45, 2.75) is 0 Å². The molecule has 0 spiro atoms. The first-order chi connectivity index (χ1) is 5.63. The van der Waals surface area contributed by atoms with Gasteiger partial charge in [0.2, 0.25) is 0 Å². The summed E-state index contributed by atoms with van der Waals surface area (Å²) in [4.78, 5) is 12.1. The second kappa shape index (κ2) is 5.56. The fraction of sp³-hybridized carbons (Fsp3) is 0.571. The van der Waals surface area contributed by atoms with Crippen molar-refractivity contribution in [3.63, 3.8) is 0 Å². The molecule has 3 N–H and O–H groups in total. The van der Waals surface area contributed by atoms with Crippen LogP contribution in [0.4, 0.5) is 0 Å². The van der Waals surface area contributed by atoms with Crippen LogP contribution in [-0.4, -0.2) is 52.4 Å². The highest BCUT2D eigenvalue weighted by Crippen LogP contribution is 1.95. The molecule has 0 aromatic rings. The maximum atomic E-state index is 11.0. The van der Waals surface area contributed by atoms with Crippen molar-refractivity contribution in [3.05, 3.63) is 12.3 Å². The van der Waals surface area contributed by atoms with Crippen LogP contribution >= 0.6 is 0 Å². The molecule has 70 valence electrons. The molecule has 0 bridgehead atoms. The molecule has 5 heteroatoms. The fourth-order valence-corrected chi connectivity index (χ4v) is 0.739. The molecule has 0 aromatic carbocycles. The van der Waals surface area contributed by atoms with Crippen molar-refractivity contribution < 1.29 is 20.1 Å². The Labute approximate surface area is 70.5 Å². The number of aliphatic hydroxyl groups is 3. The van der Waals surface area contributed by atoms with Crippen LogP contribution in [0.2, 0.25) is 0 Å². The molecule has 0 aromatic heterocycles. The van der Waals surface area contributed by atoms with Gasteiger partial charge in [-0.25, -0.2) is 0 Å². The number of hydrogen-bond acceptors (Lipinski definition) is 4. The van der Waals surface area contributed by atoms with Crippen molar-refractivity contribution in [1.29, 1.82) is 0 Å². The van der Waals surface area contributed by atoms with Crippen LogP contribution < -0.4 is 0 Å². The van der Waals surface area contributed by atoms with Crippen molar-refractivity contribution >= 4 is 5.91 Å². The van der Waals surface area contributed by atoms with Crippen molar-refractivity contribution in [1.82, 2.24) is 4.90 Å². The molecular weight excluding hydrogens is 162 g/mol. The molecule has 12 heavy (non-hydrogen) atoms. The summed E-state index contributed by atoms with van der Waals surface area (Å²) < 4.78 is 0. The second-order valence-corrected chi connectivity index (χ2v) is 2.19. The number of nitrogens with zero attached hydrogens (tertiary/aromatic N) is 1. The lowest BCUT2D eigenvalue weighted by molar-refractivity contribution is -0.130. The maximum absolute atomic E-state index is 11.0. The normalized spacial score (nSPS) is 9.50. The molecule has 0 unspecified atom stereocenters. The third-order valence-electron chi connectivity index (χ3n) is 1.27. The SMILES string of the molecule is C=C(O)C(=O)N(CCO)CCO. The van der Waals surface area contributed by atoms with Crippen LogP contribution in [0.15, 0.2) is 12.3 Å². The predicted octanol–water partition coefficient (Wildman–Crippen LogP) is -1.13. The molecular formula is C7H13NO4. The zero-order chi connectivity index (χ0) is 9.56. The molecule has 0 aliphatic rings. The van der Waals surface area contributed by atoms with Crippen LogP contribution in [0, 0.1) is 0 Å². The van der Waals surface area contributed by atoms with E-state index in [1.165, 1.54) is 0 Å². The summed E-state index contributed by atoms with van der Waals surface area (Å²) in [5, 5.41) is 25.7. The number of rotatable bonds is 5. The van der Waals surface area contributed by atoms with E-state index in [-0.39, 0.29) is 26.3 Å². The Hall–Kier alpha value is -1.07. The highest BCUT2D eigenvalue weighted by Gasteiger charge is 2.14. The predicted molar refractivity (Wildman–Crippen MR) is 42.5 cm³/mol.